The van der Waals surface area contributed by atoms with Crippen molar-refractivity contribution in [1.29, 1.82) is 0 Å². The Morgan fingerprint density at radius 1 is 1.58 bits per heavy atom. The van der Waals surface area contributed by atoms with E-state index in [2.05, 4.69) is 11.2 Å². The van der Waals surface area contributed by atoms with Gasteiger partial charge in [-0.1, -0.05) is 17.7 Å². The van der Waals surface area contributed by atoms with Gasteiger partial charge in [0.15, 0.2) is 0 Å². The fraction of sp³-hybridized carbons (Fsp3) is 0.400. The Balaban J connectivity index is 2.83. The van der Waals surface area contributed by atoms with Gasteiger partial charge in [-0.25, -0.2) is 0 Å². The molecule has 2 unspecified atom stereocenters. The van der Waals surface area contributed by atoms with Crippen LogP contribution in [0.2, 0.25) is 0 Å². The Morgan fingerprint density at radius 2 is 2.26 bits per heavy atom. The number of aryl methyl sites for hydroxylation is 1. The van der Waals surface area contributed by atoms with Crippen LogP contribution >= 0.6 is 0 Å². The Morgan fingerprint density at radius 3 is 2.84 bits per heavy atom. The summed E-state index contributed by atoms with van der Waals surface area (Å²) in [5.41, 5.74) is 7.69. The van der Waals surface area contributed by atoms with Crippen LogP contribution in [0.15, 0.2) is 18.2 Å². The Kier molecular flexibility index (Phi) is 5.40. The molecule has 0 saturated carbocycles. The molecule has 2 atom stereocenters. The molecular formula is C15H20N2O2. The second-order valence-electron chi connectivity index (χ2n) is 4.49. The summed E-state index contributed by atoms with van der Waals surface area (Å²) in [4.78, 5) is 11.8. The smallest absolute Gasteiger partial charge is 0.238 e. The number of hydrogen-bond donors (Lipinski definition) is 2. The first-order valence-electron chi connectivity index (χ1n) is 6.13. The van der Waals surface area contributed by atoms with Crippen LogP contribution in [0.1, 0.15) is 30.5 Å². The van der Waals surface area contributed by atoms with E-state index in [1.807, 2.05) is 32.0 Å². The van der Waals surface area contributed by atoms with E-state index in [1.54, 1.807) is 7.11 Å². The number of amides is 1. The van der Waals surface area contributed by atoms with E-state index in [0.29, 0.717) is 0 Å². The van der Waals surface area contributed by atoms with Gasteiger partial charge in [-0.3, -0.25) is 4.79 Å². The van der Waals surface area contributed by atoms with Crippen molar-refractivity contribution in [2.45, 2.75) is 32.4 Å². The second kappa shape index (κ2) is 6.81. The Hall–Kier alpha value is -1.99. The van der Waals surface area contributed by atoms with Gasteiger partial charge in [0.05, 0.1) is 19.2 Å². The minimum Gasteiger partial charge on any atom is -0.496 e. The van der Waals surface area contributed by atoms with Gasteiger partial charge >= 0.3 is 0 Å². The van der Waals surface area contributed by atoms with Crippen LogP contribution in [0.25, 0.3) is 0 Å². The van der Waals surface area contributed by atoms with Gasteiger partial charge in [0.1, 0.15) is 5.75 Å². The third kappa shape index (κ3) is 4.01. The summed E-state index contributed by atoms with van der Waals surface area (Å²) in [7, 11) is 1.60. The standard InChI is InChI=1S/C15H20N2O2/c1-5-6-13(16)15(18)17-11(3)12-9-10(2)7-8-14(12)19-4/h1,7-9,11,13H,6,16H2,2-4H3,(H,17,18). The molecule has 102 valence electrons. The van der Waals surface area contributed by atoms with Crippen molar-refractivity contribution in [3.8, 4) is 18.1 Å². The number of hydrogen-bond acceptors (Lipinski definition) is 3. The number of carbonyl (C=O) groups is 1. The molecule has 4 nitrogen and oxygen atoms in total. The second-order valence-corrected chi connectivity index (χ2v) is 4.49. The first kappa shape index (κ1) is 15.1. The van der Waals surface area contributed by atoms with Gasteiger partial charge in [-0.05, 0) is 19.9 Å². The summed E-state index contributed by atoms with van der Waals surface area (Å²) < 4.78 is 5.30. The molecule has 0 aliphatic carbocycles. The lowest BCUT2D eigenvalue weighted by molar-refractivity contribution is -0.122. The monoisotopic (exact) mass is 260 g/mol. The maximum atomic E-state index is 11.8. The average Bonchev–Trinajstić information content (AvgIpc) is 2.38. The fourth-order valence-electron chi connectivity index (χ4n) is 1.81. The van der Waals surface area contributed by atoms with Crippen molar-refractivity contribution in [3.05, 3.63) is 29.3 Å². The molecule has 0 saturated heterocycles. The molecule has 0 spiro atoms. The van der Waals surface area contributed by atoms with Gasteiger partial charge in [-0.2, -0.15) is 0 Å². The zero-order valence-corrected chi connectivity index (χ0v) is 11.6. The van der Waals surface area contributed by atoms with Crippen molar-refractivity contribution in [2.24, 2.45) is 5.73 Å². The molecule has 3 N–H and O–H groups in total. The normalized spacial score (nSPS) is 13.2. The molecule has 0 heterocycles. The maximum absolute atomic E-state index is 11.8. The van der Waals surface area contributed by atoms with Crippen LogP contribution in [0.4, 0.5) is 0 Å². The summed E-state index contributed by atoms with van der Waals surface area (Å²) in [5, 5.41) is 2.84. The summed E-state index contributed by atoms with van der Waals surface area (Å²) in [6.07, 6.45) is 5.37. The number of ether oxygens (including phenoxy) is 1. The van der Waals surface area contributed by atoms with Crippen LogP contribution in [-0.4, -0.2) is 19.1 Å². The van der Waals surface area contributed by atoms with Crippen molar-refractivity contribution >= 4 is 5.91 Å². The van der Waals surface area contributed by atoms with E-state index in [4.69, 9.17) is 16.9 Å². The molecule has 19 heavy (non-hydrogen) atoms. The van der Waals surface area contributed by atoms with E-state index >= 15 is 0 Å². The van der Waals surface area contributed by atoms with Crippen molar-refractivity contribution in [3.63, 3.8) is 0 Å². The SMILES string of the molecule is C#CCC(N)C(=O)NC(C)c1cc(C)ccc1OC. The third-order valence-corrected chi connectivity index (χ3v) is 2.89. The van der Waals surface area contributed by atoms with Crippen LogP contribution in [0, 0.1) is 19.3 Å². The fourth-order valence-corrected chi connectivity index (χ4v) is 1.81. The lowest BCUT2D eigenvalue weighted by Gasteiger charge is -2.19. The minimum atomic E-state index is -0.678. The van der Waals surface area contributed by atoms with Crippen LogP contribution in [0.3, 0.4) is 0 Å². The molecule has 1 aromatic rings. The van der Waals surface area contributed by atoms with Gasteiger partial charge in [0.2, 0.25) is 5.91 Å². The zero-order valence-electron chi connectivity index (χ0n) is 11.6. The van der Waals surface area contributed by atoms with E-state index in [-0.39, 0.29) is 18.4 Å². The molecule has 1 aromatic carbocycles. The summed E-state index contributed by atoms with van der Waals surface area (Å²) in [6, 6.07) is 4.96. The van der Waals surface area contributed by atoms with Crippen LogP contribution < -0.4 is 15.8 Å². The average molecular weight is 260 g/mol. The molecule has 0 aliphatic heterocycles. The quantitative estimate of drug-likeness (QED) is 0.789. The van der Waals surface area contributed by atoms with E-state index in [9.17, 15) is 4.79 Å². The highest BCUT2D eigenvalue weighted by Gasteiger charge is 2.18. The van der Waals surface area contributed by atoms with E-state index < -0.39 is 6.04 Å². The minimum absolute atomic E-state index is 0.189. The van der Waals surface area contributed by atoms with Crippen LogP contribution in [0.5, 0.6) is 5.75 Å². The molecule has 0 aromatic heterocycles. The molecule has 0 radical (unpaired) electrons. The van der Waals surface area contributed by atoms with Crippen molar-refractivity contribution < 1.29 is 9.53 Å². The van der Waals surface area contributed by atoms with Gasteiger partial charge < -0.3 is 15.8 Å². The first-order valence-corrected chi connectivity index (χ1v) is 6.13. The third-order valence-electron chi connectivity index (χ3n) is 2.89. The van der Waals surface area contributed by atoms with Gasteiger partial charge in [0.25, 0.3) is 0 Å². The number of rotatable bonds is 5. The summed E-state index contributed by atoms with van der Waals surface area (Å²) in [5.74, 6) is 2.87. The zero-order chi connectivity index (χ0) is 14.4. The van der Waals surface area contributed by atoms with Gasteiger partial charge in [0, 0.05) is 12.0 Å². The molecule has 0 fully saturated rings. The number of benzene rings is 1. The highest BCUT2D eigenvalue weighted by molar-refractivity contribution is 5.82. The molecule has 0 bridgehead atoms. The Labute approximate surface area is 114 Å². The van der Waals surface area contributed by atoms with Gasteiger partial charge in [-0.15, -0.1) is 12.3 Å². The van der Waals surface area contributed by atoms with Crippen molar-refractivity contribution in [2.75, 3.05) is 7.11 Å². The van der Waals surface area contributed by atoms with Crippen molar-refractivity contribution in [1.82, 2.24) is 5.32 Å². The summed E-state index contributed by atoms with van der Waals surface area (Å²) >= 11 is 0. The number of methoxy groups -OCH3 is 1. The predicted molar refractivity (Wildman–Crippen MR) is 75.7 cm³/mol. The summed E-state index contributed by atoms with van der Waals surface area (Å²) in [6.45, 7) is 3.87. The molecule has 1 amide bonds. The molecule has 0 aliphatic rings. The van der Waals surface area contributed by atoms with Crippen LogP contribution in [-0.2, 0) is 4.79 Å². The highest BCUT2D eigenvalue weighted by atomic mass is 16.5. The number of carbonyl (C=O) groups excluding carboxylic acids is 1. The number of nitrogens with two attached hydrogens (primary N) is 1. The first-order chi connectivity index (χ1) is 8.99. The number of terminal acetylenes is 1. The number of nitrogens with one attached hydrogen (secondary N) is 1. The predicted octanol–water partition coefficient (Wildman–Crippen LogP) is 1.53. The maximum Gasteiger partial charge on any atom is 0.238 e. The lowest BCUT2D eigenvalue weighted by Crippen LogP contribution is -2.41. The lowest BCUT2D eigenvalue weighted by atomic mass is 10.0. The van der Waals surface area contributed by atoms with E-state index in [0.717, 1.165) is 16.9 Å². The molecule has 1 rings (SSSR count). The largest absolute Gasteiger partial charge is 0.496 e. The topological polar surface area (TPSA) is 64.4 Å². The highest BCUT2D eigenvalue weighted by Crippen LogP contribution is 2.26. The Bertz CT molecular complexity index is 491. The van der Waals surface area contributed by atoms with E-state index in [1.165, 1.54) is 0 Å². The molecular weight excluding hydrogens is 240 g/mol. The molecule has 4 heteroatoms.